The Bertz CT molecular complexity index is 953. The number of piperidine rings is 2. The molecule has 1 N–H and O–H groups in total. The van der Waals surface area contributed by atoms with E-state index in [4.69, 9.17) is 0 Å². The van der Waals surface area contributed by atoms with Gasteiger partial charge in [0.1, 0.15) is 0 Å². The number of nitrogens with one attached hydrogen (secondary N) is 1. The Labute approximate surface area is 196 Å². The Hall–Kier alpha value is -2.26. The van der Waals surface area contributed by atoms with Crippen LogP contribution in [0.4, 0.5) is 0 Å². The minimum atomic E-state index is -3.67. The summed E-state index contributed by atoms with van der Waals surface area (Å²) in [5, 5.41) is 2.97. The van der Waals surface area contributed by atoms with Crippen molar-refractivity contribution >= 4 is 27.6 Å². The maximum absolute atomic E-state index is 13.1. The zero-order chi connectivity index (χ0) is 24.0. The molecule has 0 saturated carbocycles. The maximum atomic E-state index is 13.1. The second-order valence-corrected chi connectivity index (χ2v) is 11.0. The van der Waals surface area contributed by atoms with E-state index in [0.717, 1.165) is 25.7 Å². The smallest absolute Gasteiger partial charge is 0.243 e. The van der Waals surface area contributed by atoms with Crippen LogP contribution in [0.15, 0.2) is 29.2 Å². The molecule has 0 aliphatic carbocycles. The molecule has 1 aromatic carbocycles. The van der Waals surface area contributed by atoms with Crippen molar-refractivity contribution in [1.82, 2.24) is 14.5 Å². The molecule has 2 amide bonds. The predicted molar refractivity (Wildman–Crippen MR) is 125 cm³/mol. The van der Waals surface area contributed by atoms with Gasteiger partial charge in [0.15, 0.2) is 5.78 Å². The van der Waals surface area contributed by atoms with E-state index in [2.05, 4.69) is 12.2 Å². The van der Waals surface area contributed by atoms with Crippen LogP contribution in [0.25, 0.3) is 0 Å². The summed E-state index contributed by atoms with van der Waals surface area (Å²) < 4.78 is 27.4. The first-order chi connectivity index (χ1) is 15.7. The Morgan fingerprint density at radius 2 is 1.67 bits per heavy atom. The lowest BCUT2D eigenvalue weighted by Gasteiger charge is -2.37. The first kappa shape index (κ1) is 25.4. The van der Waals surface area contributed by atoms with Crippen molar-refractivity contribution < 1.29 is 22.8 Å². The molecule has 182 valence electrons. The molecular weight excluding hydrogens is 442 g/mol. The molecule has 2 saturated heterocycles. The van der Waals surface area contributed by atoms with Gasteiger partial charge in [-0.05, 0) is 51.2 Å². The van der Waals surface area contributed by atoms with Crippen molar-refractivity contribution in [2.75, 3.05) is 32.7 Å². The van der Waals surface area contributed by atoms with E-state index in [9.17, 15) is 22.8 Å². The van der Waals surface area contributed by atoms with Crippen LogP contribution in [0, 0.1) is 11.8 Å². The van der Waals surface area contributed by atoms with Gasteiger partial charge in [-0.3, -0.25) is 14.4 Å². The highest BCUT2D eigenvalue weighted by Crippen LogP contribution is 2.27. The monoisotopic (exact) mass is 477 g/mol. The maximum Gasteiger partial charge on any atom is 0.243 e. The van der Waals surface area contributed by atoms with Gasteiger partial charge in [0.25, 0.3) is 0 Å². The lowest BCUT2D eigenvalue weighted by Crippen LogP contribution is -2.49. The number of hydrogen-bond donors (Lipinski definition) is 1. The standard InChI is InChI=1S/C24H35N3O5S/c1-3-4-13-25-23(29)21-6-5-14-26(17-21)24(30)20-11-15-27(16-12-20)33(31,32)22-9-7-19(8-10-22)18(2)28/h7-10,20-21H,3-6,11-17H2,1-2H3,(H,25,29). The van der Waals surface area contributed by atoms with Crippen molar-refractivity contribution in [1.29, 1.82) is 0 Å². The fourth-order valence-corrected chi connectivity index (χ4v) is 6.01. The summed E-state index contributed by atoms with van der Waals surface area (Å²) in [6, 6.07) is 5.97. The molecule has 2 heterocycles. The van der Waals surface area contributed by atoms with Crippen molar-refractivity contribution in [2.24, 2.45) is 11.8 Å². The average Bonchev–Trinajstić information content (AvgIpc) is 2.84. The van der Waals surface area contributed by atoms with Crippen LogP contribution in [-0.2, 0) is 19.6 Å². The summed E-state index contributed by atoms with van der Waals surface area (Å²) in [6.45, 7) is 5.84. The molecule has 33 heavy (non-hydrogen) atoms. The normalized spacial score (nSPS) is 20.4. The number of unbranched alkanes of at least 4 members (excludes halogenated alkanes) is 1. The molecule has 3 rings (SSSR count). The first-order valence-electron chi connectivity index (χ1n) is 11.9. The highest BCUT2D eigenvalue weighted by molar-refractivity contribution is 7.89. The average molecular weight is 478 g/mol. The molecule has 2 fully saturated rings. The second kappa shape index (κ2) is 11.2. The number of likely N-dealkylation sites (tertiary alicyclic amines) is 1. The minimum Gasteiger partial charge on any atom is -0.356 e. The van der Waals surface area contributed by atoms with Gasteiger partial charge < -0.3 is 10.2 Å². The number of ketones is 1. The van der Waals surface area contributed by atoms with Gasteiger partial charge >= 0.3 is 0 Å². The number of carbonyl (C=O) groups excluding carboxylic acids is 3. The van der Waals surface area contributed by atoms with E-state index in [1.807, 2.05) is 0 Å². The Morgan fingerprint density at radius 3 is 2.27 bits per heavy atom. The van der Waals surface area contributed by atoms with E-state index in [0.29, 0.717) is 38.0 Å². The van der Waals surface area contributed by atoms with Crippen LogP contribution in [0.1, 0.15) is 62.7 Å². The Kier molecular flexibility index (Phi) is 8.64. The summed E-state index contributed by atoms with van der Waals surface area (Å²) in [7, 11) is -3.67. The van der Waals surface area contributed by atoms with E-state index in [1.54, 1.807) is 4.90 Å². The van der Waals surface area contributed by atoms with Crippen molar-refractivity contribution in [3.8, 4) is 0 Å². The first-order valence-corrected chi connectivity index (χ1v) is 13.4. The molecule has 0 spiro atoms. The summed E-state index contributed by atoms with van der Waals surface area (Å²) in [6.07, 6.45) is 4.50. The molecule has 8 nitrogen and oxygen atoms in total. The highest BCUT2D eigenvalue weighted by atomic mass is 32.2. The number of amides is 2. The Morgan fingerprint density at radius 1 is 1.00 bits per heavy atom. The van der Waals surface area contributed by atoms with Crippen molar-refractivity contribution in [2.45, 2.75) is 57.3 Å². The number of rotatable bonds is 8. The SMILES string of the molecule is CCCCNC(=O)C1CCCN(C(=O)C2CCN(S(=O)(=O)c3ccc(C(C)=O)cc3)CC2)C1. The van der Waals surface area contributed by atoms with Gasteiger partial charge in [-0.25, -0.2) is 8.42 Å². The third-order valence-electron chi connectivity index (χ3n) is 6.64. The topological polar surface area (TPSA) is 104 Å². The molecule has 0 radical (unpaired) electrons. The van der Waals surface area contributed by atoms with Gasteiger partial charge in [-0.1, -0.05) is 25.5 Å². The number of sulfonamides is 1. The summed E-state index contributed by atoms with van der Waals surface area (Å²) >= 11 is 0. The highest BCUT2D eigenvalue weighted by Gasteiger charge is 2.36. The van der Waals surface area contributed by atoms with Crippen LogP contribution < -0.4 is 5.32 Å². The van der Waals surface area contributed by atoms with Gasteiger partial charge in [0, 0.05) is 44.2 Å². The summed E-state index contributed by atoms with van der Waals surface area (Å²) in [4.78, 5) is 38.9. The molecule has 9 heteroatoms. The third kappa shape index (κ3) is 6.20. The molecule has 0 aromatic heterocycles. The fraction of sp³-hybridized carbons (Fsp3) is 0.625. The molecular formula is C24H35N3O5S. The van der Waals surface area contributed by atoms with E-state index < -0.39 is 10.0 Å². The zero-order valence-electron chi connectivity index (χ0n) is 19.6. The summed E-state index contributed by atoms with van der Waals surface area (Å²) in [5.41, 5.74) is 0.470. The largest absolute Gasteiger partial charge is 0.356 e. The summed E-state index contributed by atoms with van der Waals surface area (Å²) in [5.74, 6) is -0.449. The van der Waals surface area contributed by atoms with Crippen molar-refractivity contribution in [3.63, 3.8) is 0 Å². The predicted octanol–water partition coefficient (Wildman–Crippen LogP) is 2.44. The van der Waals surface area contributed by atoms with Crippen LogP contribution in [0.3, 0.4) is 0 Å². The van der Waals surface area contributed by atoms with E-state index >= 15 is 0 Å². The molecule has 1 aromatic rings. The molecule has 0 bridgehead atoms. The van der Waals surface area contributed by atoms with Crippen LogP contribution in [0.2, 0.25) is 0 Å². The molecule has 2 aliphatic heterocycles. The van der Waals surface area contributed by atoms with Crippen LogP contribution >= 0.6 is 0 Å². The van der Waals surface area contributed by atoms with Gasteiger partial charge in [-0.15, -0.1) is 0 Å². The molecule has 1 atom stereocenters. The number of benzene rings is 1. The molecule has 2 aliphatic rings. The Balaban J connectivity index is 1.55. The third-order valence-corrected chi connectivity index (χ3v) is 8.55. The van der Waals surface area contributed by atoms with Crippen LogP contribution in [0.5, 0.6) is 0 Å². The molecule has 1 unspecified atom stereocenters. The van der Waals surface area contributed by atoms with E-state index in [-0.39, 0.29) is 47.4 Å². The van der Waals surface area contributed by atoms with Crippen molar-refractivity contribution in [3.05, 3.63) is 29.8 Å². The van der Waals surface area contributed by atoms with Gasteiger partial charge in [-0.2, -0.15) is 4.31 Å². The second-order valence-electron chi connectivity index (χ2n) is 9.03. The number of nitrogens with zero attached hydrogens (tertiary/aromatic N) is 2. The fourth-order valence-electron chi connectivity index (χ4n) is 4.54. The zero-order valence-corrected chi connectivity index (χ0v) is 20.4. The van der Waals surface area contributed by atoms with E-state index in [1.165, 1.54) is 35.5 Å². The van der Waals surface area contributed by atoms with Gasteiger partial charge in [0.05, 0.1) is 10.8 Å². The minimum absolute atomic E-state index is 0.0256. The lowest BCUT2D eigenvalue weighted by molar-refractivity contribution is -0.140. The number of hydrogen-bond acceptors (Lipinski definition) is 5. The lowest BCUT2D eigenvalue weighted by atomic mass is 9.92. The number of Topliss-reactive ketones (excluding diaryl/α,β-unsaturated/α-hetero) is 1. The van der Waals surface area contributed by atoms with Crippen LogP contribution in [-0.4, -0.2) is 67.9 Å². The number of carbonyl (C=O) groups is 3. The quantitative estimate of drug-likeness (QED) is 0.458. The van der Waals surface area contributed by atoms with Gasteiger partial charge in [0.2, 0.25) is 21.8 Å².